The topological polar surface area (TPSA) is 115 Å². The van der Waals surface area contributed by atoms with Gasteiger partial charge >= 0.3 is 37.8 Å². The van der Waals surface area contributed by atoms with E-state index in [9.17, 15) is 0 Å². The fourth-order valence-corrected chi connectivity index (χ4v) is 0.253. The van der Waals surface area contributed by atoms with Crippen LogP contribution < -0.4 is 29.6 Å². The van der Waals surface area contributed by atoms with Crippen molar-refractivity contribution in [2.75, 3.05) is 0 Å². The van der Waals surface area contributed by atoms with Gasteiger partial charge in [0.05, 0.1) is 0 Å². The van der Waals surface area contributed by atoms with E-state index >= 15 is 0 Å². The van der Waals surface area contributed by atoms with Crippen molar-refractivity contribution in [3.63, 3.8) is 0 Å². The molecule has 1 rings (SSSR count). The normalized spacial score (nSPS) is 6.17. The zero-order valence-corrected chi connectivity index (χ0v) is 9.35. The number of nitrogens with zero attached hydrogens (tertiary/aromatic N) is 2. The molecule has 6 nitrogen and oxygen atoms in total. The molecule has 1 heterocycles. The summed E-state index contributed by atoms with van der Waals surface area (Å²) >= 11 is 0. The first-order valence-corrected chi connectivity index (χ1v) is 3.45. The molecule has 0 spiro atoms. The third-order valence-electron chi connectivity index (χ3n) is 0.478. The van der Waals surface area contributed by atoms with Gasteiger partial charge in [0.25, 0.3) is 0 Å². The smallest absolute Gasteiger partial charge is 1.00 e. The predicted octanol–water partition coefficient (Wildman–Crippen LogP) is -3.60. The molecule has 0 aliphatic rings. The summed E-state index contributed by atoms with van der Waals surface area (Å²) in [4.78, 5) is 21.6. The molecule has 0 unspecified atom stereocenters. The maximum atomic E-state index is 8.70. The van der Waals surface area contributed by atoms with Gasteiger partial charge in [-0.25, -0.2) is 9.97 Å². The second kappa shape index (κ2) is 13.6. The van der Waals surface area contributed by atoms with Gasteiger partial charge in [-0.15, -0.1) is 9.79 Å². The molecule has 0 aromatic carbocycles. The Morgan fingerprint density at radius 1 is 1.25 bits per heavy atom. The Bertz CT molecular complexity index is 162. The summed E-state index contributed by atoms with van der Waals surface area (Å²) in [6, 6.07) is 1.78. The number of aromatic nitrogens is 2. The minimum Gasteiger partial charge on any atom is -1.00 e. The van der Waals surface area contributed by atoms with Gasteiger partial charge in [-0.3, -0.25) is 0 Å². The second-order valence-electron chi connectivity index (χ2n) is 1.16. The molecule has 64 valence electrons. The van der Waals surface area contributed by atoms with E-state index in [1.54, 1.807) is 18.5 Å². The molecule has 0 amide bonds. The van der Waals surface area contributed by atoms with Crippen molar-refractivity contribution in [3.8, 4) is 0 Å². The van der Waals surface area contributed by atoms with E-state index in [1.807, 2.05) is 0 Å². The van der Waals surface area contributed by atoms with Crippen molar-refractivity contribution in [1.29, 1.82) is 0 Å². The molecule has 0 aliphatic heterocycles. The van der Waals surface area contributed by atoms with Crippen LogP contribution in [-0.2, 0) is 4.57 Å². The van der Waals surface area contributed by atoms with Crippen LogP contribution in [0.2, 0.25) is 0 Å². The predicted molar refractivity (Wildman–Crippen MR) is 38.8 cm³/mol. The summed E-state index contributed by atoms with van der Waals surface area (Å²) in [5.74, 6) is 0. The fraction of sp³-hybridized carbons (Fsp3) is 0. The Balaban J connectivity index is -0.0000000536. The number of hydrogen-bond acceptors (Lipinski definition) is 3. The van der Waals surface area contributed by atoms with Gasteiger partial charge in [-0.1, -0.05) is 0 Å². The maximum Gasteiger partial charge on any atom is 1.00 e. The first kappa shape index (κ1) is 18.0. The van der Waals surface area contributed by atoms with Crippen LogP contribution in [0.1, 0.15) is 1.43 Å². The van der Waals surface area contributed by atoms with Gasteiger partial charge in [0.15, 0.2) is 0 Å². The fourth-order valence-electron chi connectivity index (χ4n) is 0.253. The molecule has 0 saturated heterocycles. The molecule has 0 aliphatic carbocycles. The van der Waals surface area contributed by atoms with Crippen LogP contribution >= 0.6 is 8.25 Å². The molecule has 0 bridgehead atoms. The van der Waals surface area contributed by atoms with Gasteiger partial charge in [-0.05, 0) is 6.07 Å². The average Bonchev–Trinajstić information content (AvgIpc) is 1.90. The minimum atomic E-state index is -2.87. The van der Waals surface area contributed by atoms with E-state index in [0.29, 0.717) is 0 Å². The molecule has 0 atom stereocenters. The Labute approximate surface area is 93.7 Å². The van der Waals surface area contributed by atoms with Gasteiger partial charge in [0.1, 0.15) is 6.33 Å². The van der Waals surface area contributed by atoms with Gasteiger partial charge in [0, 0.05) is 17.0 Å². The van der Waals surface area contributed by atoms with Crippen LogP contribution in [-0.4, -0.2) is 25.2 Å². The van der Waals surface area contributed by atoms with Crippen LogP contribution in [0.3, 0.4) is 0 Å². The number of hydrogen-bond donors (Lipinski definition) is 2. The Kier molecular flexibility index (Phi) is 20.4. The summed E-state index contributed by atoms with van der Waals surface area (Å²) in [5.41, 5.74) is 0. The third kappa shape index (κ3) is 22.5. The summed E-state index contributed by atoms with van der Waals surface area (Å²) in [6.07, 6.45) is 4.88. The molecular formula is C4H9N2NaO4P+. The zero-order chi connectivity index (χ0) is 7.82. The van der Waals surface area contributed by atoms with Crippen molar-refractivity contribution in [3.05, 3.63) is 24.8 Å². The molecular weight excluding hydrogens is 194 g/mol. The van der Waals surface area contributed by atoms with Crippen molar-refractivity contribution in [2.45, 2.75) is 0 Å². The Morgan fingerprint density at radius 2 is 1.58 bits per heavy atom. The Morgan fingerprint density at radius 3 is 1.67 bits per heavy atom. The van der Waals surface area contributed by atoms with Crippen LogP contribution in [0.4, 0.5) is 0 Å². The largest absolute Gasteiger partial charge is 1.00 e. The Hall–Kier alpha value is 0.0600. The molecule has 4 N–H and O–H groups in total. The monoisotopic (exact) mass is 203 g/mol. The van der Waals surface area contributed by atoms with Crippen molar-refractivity contribution < 1.29 is 50.8 Å². The van der Waals surface area contributed by atoms with Crippen LogP contribution in [0, 0.1) is 0 Å². The SMILES string of the molecule is O.O=[P+](O)O.[H-].[Na+].c1cncnc1. The molecule has 12 heavy (non-hydrogen) atoms. The van der Waals surface area contributed by atoms with E-state index in [-0.39, 0.29) is 36.5 Å². The molecule has 1 aromatic rings. The summed E-state index contributed by atoms with van der Waals surface area (Å²) < 4.78 is 8.70. The van der Waals surface area contributed by atoms with Crippen molar-refractivity contribution in [1.82, 2.24) is 9.97 Å². The average molecular weight is 203 g/mol. The van der Waals surface area contributed by atoms with Gasteiger partial charge in [0.2, 0.25) is 0 Å². The van der Waals surface area contributed by atoms with Gasteiger partial charge in [-0.2, -0.15) is 0 Å². The van der Waals surface area contributed by atoms with Crippen molar-refractivity contribution in [2.24, 2.45) is 0 Å². The standard InChI is InChI=1S/C4H4N2.Na.HO3P.H2O.H/c1-2-5-4-6-3-1;;1-4(2)3;;/h1-4H;;(H-,1,2,3);1H2;/q;+1;;;-1/p+1. The minimum absolute atomic E-state index is 0. The summed E-state index contributed by atoms with van der Waals surface area (Å²) in [6.45, 7) is 0. The second-order valence-corrected chi connectivity index (χ2v) is 1.66. The molecule has 0 saturated carbocycles. The molecule has 0 radical (unpaired) electrons. The third-order valence-corrected chi connectivity index (χ3v) is 0.478. The molecule has 1 aromatic heterocycles. The van der Waals surface area contributed by atoms with Crippen LogP contribution in [0.5, 0.6) is 0 Å². The van der Waals surface area contributed by atoms with Crippen LogP contribution in [0.25, 0.3) is 0 Å². The zero-order valence-electron chi connectivity index (χ0n) is 7.45. The first-order chi connectivity index (χ1) is 4.73. The van der Waals surface area contributed by atoms with E-state index < -0.39 is 8.25 Å². The van der Waals surface area contributed by atoms with Crippen LogP contribution in [0.15, 0.2) is 24.8 Å². The van der Waals surface area contributed by atoms with Gasteiger partial charge < -0.3 is 6.90 Å². The quantitative estimate of drug-likeness (QED) is 0.334. The summed E-state index contributed by atoms with van der Waals surface area (Å²) in [5, 5.41) is 0. The molecule has 8 heteroatoms. The van der Waals surface area contributed by atoms with E-state index in [4.69, 9.17) is 14.4 Å². The summed E-state index contributed by atoms with van der Waals surface area (Å²) in [7, 11) is -2.87. The van der Waals surface area contributed by atoms with E-state index in [0.717, 1.165) is 0 Å². The van der Waals surface area contributed by atoms with E-state index in [2.05, 4.69) is 9.97 Å². The van der Waals surface area contributed by atoms with Crippen molar-refractivity contribution >= 4 is 8.25 Å². The number of rotatable bonds is 0. The van der Waals surface area contributed by atoms with E-state index in [1.165, 1.54) is 6.33 Å². The molecule has 0 fully saturated rings. The first-order valence-electron chi connectivity index (χ1n) is 2.28. The maximum absolute atomic E-state index is 8.70.